The number of benzene rings is 2. The van der Waals surface area contributed by atoms with E-state index in [-0.39, 0.29) is 10.9 Å². The maximum atomic E-state index is 13.6. The summed E-state index contributed by atoms with van der Waals surface area (Å²) in [7, 11) is 0. The number of rotatable bonds is 6. The number of hydrogen-bond acceptors (Lipinski definition) is 3. The van der Waals surface area contributed by atoms with Crippen LogP contribution in [-0.2, 0) is 0 Å². The Labute approximate surface area is 127 Å². The molecule has 0 heterocycles. The normalized spacial score (nSPS) is 12.2. The van der Waals surface area contributed by atoms with Crippen LogP contribution in [0.5, 0.6) is 5.75 Å². The molecule has 0 bridgehead atoms. The predicted octanol–water partition coefficient (Wildman–Crippen LogP) is 4.16. The molecule has 2 aromatic carbocycles. The van der Waals surface area contributed by atoms with Crippen LogP contribution in [0.3, 0.4) is 0 Å². The minimum atomic E-state index is -0.456. The average molecular weight is 309 g/mol. The van der Waals surface area contributed by atoms with E-state index < -0.39 is 11.6 Å². The second-order valence-corrected chi connectivity index (χ2v) is 5.52. The van der Waals surface area contributed by atoms with Crippen LogP contribution in [0.2, 0.25) is 0 Å². The molecule has 0 aliphatic carbocycles. The Morgan fingerprint density at radius 1 is 1.19 bits per heavy atom. The van der Waals surface area contributed by atoms with Crippen molar-refractivity contribution in [2.75, 3.05) is 12.4 Å². The monoisotopic (exact) mass is 309 g/mol. The molecule has 0 aromatic heterocycles. The Hall–Kier alpha value is -1.59. The molecule has 2 nitrogen and oxygen atoms in total. The Bertz CT molecular complexity index is 607. The van der Waals surface area contributed by atoms with Crippen LogP contribution < -0.4 is 10.5 Å². The fourth-order valence-corrected chi connectivity index (χ4v) is 2.87. The Morgan fingerprint density at radius 2 is 1.95 bits per heavy atom. The summed E-state index contributed by atoms with van der Waals surface area (Å²) in [4.78, 5) is 0.263. The Morgan fingerprint density at radius 3 is 2.71 bits per heavy atom. The van der Waals surface area contributed by atoms with E-state index in [2.05, 4.69) is 0 Å². The second-order valence-electron chi connectivity index (χ2n) is 4.46. The van der Waals surface area contributed by atoms with Gasteiger partial charge in [-0.05, 0) is 31.2 Å². The number of halogens is 2. The van der Waals surface area contributed by atoms with Crippen molar-refractivity contribution in [3.63, 3.8) is 0 Å². The summed E-state index contributed by atoms with van der Waals surface area (Å²) in [6, 6.07) is 10.6. The van der Waals surface area contributed by atoms with E-state index in [9.17, 15) is 8.78 Å². The minimum absolute atomic E-state index is 0.263. The van der Waals surface area contributed by atoms with Crippen molar-refractivity contribution in [1.29, 1.82) is 0 Å². The van der Waals surface area contributed by atoms with Gasteiger partial charge in [0.05, 0.1) is 6.61 Å². The summed E-state index contributed by atoms with van der Waals surface area (Å²) < 4.78 is 32.2. The van der Waals surface area contributed by atoms with Gasteiger partial charge in [-0.15, -0.1) is 11.8 Å². The largest absolute Gasteiger partial charge is 0.494 e. The van der Waals surface area contributed by atoms with Crippen LogP contribution in [-0.4, -0.2) is 12.4 Å². The highest BCUT2D eigenvalue weighted by Gasteiger charge is 2.13. The molecule has 2 aromatic rings. The molecular formula is C16H17F2NOS. The van der Waals surface area contributed by atoms with Crippen LogP contribution in [0.4, 0.5) is 8.78 Å². The van der Waals surface area contributed by atoms with Crippen LogP contribution in [0.15, 0.2) is 47.4 Å². The maximum Gasteiger partial charge on any atom is 0.136 e. The molecule has 0 fully saturated rings. The zero-order chi connectivity index (χ0) is 15.2. The molecule has 0 spiro atoms. The third-order valence-corrected chi connectivity index (χ3v) is 4.08. The molecule has 2 rings (SSSR count). The zero-order valence-electron chi connectivity index (χ0n) is 11.7. The summed E-state index contributed by atoms with van der Waals surface area (Å²) in [5.41, 5.74) is 7.01. The third-order valence-electron chi connectivity index (χ3n) is 2.93. The smallest absolute Gasteiger partial charge is 0.136 e. The second kappa shape index (κ2) is 7.43. The van der Waals surface area contributed by atoms with Gasteiger partial charge in [0.2, 0.25) is 0 Å². The number of thioether (sulfide) groups is 1. The van der Waals surface area contributed by atoms with E-state index in [0.29, 0.717) is 12.4 Å². The van der Waals surface area contributed by atoms with Crippen molar-refractivity contribution >= 4 is 11.8 Å². The first-order valence-corrected chi connectivity index (χ1v) is 7.65. The van der Waals surface area contributed by atoms with Gasteiger partial charge in [-0.3, -0.25) is 0 Å². The fourth-order valence-electron chi connectivity index (χ4n) is 1.93. The summed E-state index contributed by atoms with van der Waals surface area (Å²) >= 11 is 1.20. The lowest BCUT2D eigenvalue weighted by Crippen LogP contribution is -2.14. The van der Waals surface area contributed by atoms with E-state index in [1.54, 1.807) is 0 Å². The lowest BCUT2D eigenvalue weighted by Gasteiger charge is -2.16. The van der Waals surface area contributed by atoms with Crippen molar-refractivity contribution in [1.82, 2.24) is 0 Å². The highest BCUT2D eigenvalue weighted by Crippen LogP contribution is 2.30. The fraction of sp³-hybridized carbons (Fsp3) is 0.250. The molecule has 0 aliphatic rings. The predicted molar refractivity (Wildman–Crippen MR) is 81.6 cm³/mol. The van der Waals surface area contributed by atoms with Gasteiger partial charge in [0.25, 0.3) is 0 Å². The summed E-state index contributed by atoms with van der Waals surface area (Å²) in [6.07, 6.45) is 0. The van der Waals surface area contributed by atoms with Crippen LogP contribution in [0.25, 0.3) is 0 Å². The van der Waals surface area contributed by atoms with E-state index in [1.165, 1.54) is 17.8 Å². The van der Waals surface area contributed by atoms with Gasteiger partial charge in [0, 0.05) is 22.3 Å². The standard InChI is InChI=1S/C16H17F2NOS/c1-2-20-15-6-4-3-5-12(15)14(19)10-21-16-9-11(17)7-8-13(16)18/h3-9,14H,2,10,19H2,1H3. The van der Waals surface area contributed by atoms with Crippen molar-refractivity contribution in [2.24, 2.45) is 5.73 Å². The molecule has 0 aliphatic heterocycles. The summed E-state index contributed by atoms with van der Waals surface area (Å²) in [5, 5.41) is 0. The molecule has 0 saturated heterocycles. The van der Waals surface area contributed by atoms with Crippen LogP contribution >= 0.6 is 11.8 Å². The molecule has 1 unspecified atom stereocenters. The molecule has 21 heavy (non-hydrogen) atoms. The molecule has 5 heteroatoms. The van der Waals surface area contributed by atoms with E-state index in [1.807, 2.05) is 31.2 Å². The van der Waals surface area contributed by atoms with Gasteiger partial charge in [0.15, 0.2) is 0 Å². The maximum absolute atomic E-state index is 13.6. The number of ether oxygens (including phenoxy) is 1. The zero-order valence-corrected chi connectivity index (χ0v) is 12.5. The lowest BCUT2D eigenvalue weighted by atomic mass is 10.1. The molecule has 112 valence electrons. The first kappa shape index (κ1) is 15.8. The topological polar surface area (TPSA) is 35.2 Å². The molecule has 2 N–H and O–H groups in total. The van der Waals surface area contributed by atoms with Crippen molar-refractivity contribution in [3.8, 4) is 5.75 Å². The number of para-hydroxylation sites is 1. The van der Waals surface area contributed by atoms with Crippen molar-refractivity contribution in [3.05, 3.63) is 59.7 Å². The molecular weight excluding hydrogens is 292 g/mol. The van der Waals surface area contributed by atoms with Gasteiger partial charge < -0.3 is 10.5 Å². The highest BCUT2D eigenvalue weighted by molar-refractivity contribution is 7.99. The van der Waals surface area contributed by atoms with E-state index in [4.69, 9.17) is 10.5 Å². The number of nitrogens with two attached hydrogens (primary N) is 1. The molecule has 0 radical (unpaired) electrons. The summed E-state index contributed by atoms with van der Waals surface area (Å²) in [5.74, 6) is 0.270. The average Bonchev–Trinajstić information content (AvgIpc) is 2.49. The number of hydrogen-bond donors (Lipinski definition) is 1. The van der Waals surface area contributed by atoms with Crippen LogP contribution in [0, 0.1) is 11.6 Å². The summed E-state index contributed by atoms with van der Waals surface area (Å²) in [6.45, 7) is 2.45. The molecule has 1 atom stereocenters. The van der Waals surface area contributed by atoms with Gasteiger partial charge in [0.1, 0.15) is 17.4 Å². The Kier molecular flexibility index (Phi) is 5.59. The highest BCUT2D eigenvalue weighted by atomic mass is 32.2. The first-order chi connectivity index (χ1) is 10.1. The Balaban J connectivity index is 2.08. The quantitative estimate of drug-likeness (QED) is 0.814. The minimum Gasteiger partial charge on any atom is -0.494 e. The third kappa shape index (κ3) is 4.19. The van der Waals surface area contributed by atoms with Gasteiger partial charge in [-0.1, -0.05) is 18.2 Å². The molecule has 0 saturated carbocycles. The van der Waals surface area contributed by atoms with Crippen LogP contribution in [0.1, 0.15) is 18.5 Å². The van der Waals surface area contributed by atoms with E-state index in [0.717, 1.165) is 23.4 Å². The first-order valence-electron chi connectivity index (χ1n) is 6.67. The SMILES string of the molecule is CCOc1ccccc1C(N)CSc1cc(F)ccc1F. The van der Waals surface area contributed by atoms with Gasteiger partial charge in [-0.2, -0.15) is 0 Å². The van der Waals surface area contributed by atoms with Gasteiger partial charge in [-0.25, -0.2) is 8.78 Å². The van der Waals surface area contributed by atoms with Gasteiger partial charge >= 0.3 is 0 Å². The van der Waals surface area contributed by atoms with Crippen molar-refractivity contribution < 1.29 is 13.5 Å². The van der Waals surface area contributed by atoms with Crippen molar-refractivity contribution in [2.45, 2.75) is 17.9 Å². The van der Waals surface area contributed by atoms with E-state index >= 15 is 0 Å². The lowest BCUT2D eigenvalue weighted by molar-refractivity contribution is 0.335. The molecule has 0 amide bonds.